The van der Waals surface area contributed by atoms with E-state index in [0.29, 0.717) is 13.1 Å². The predicted molar refractivity (Wildman–Crippen MR) is 136 cm³/mol. The molecule has 4 heterocycles. The van der Waals surface area contributed by atoms with Crippen LogP contribution < -0.4 is 4.90 Å². The molecule has 0 bridgehead atoms. The number of amides is 1. The third-order valence-corrected chi connectivity index (χ3v) is 8.11. The number of aliphatic hydroxyl groups is 1. The Balaban J connectivity index is 1.32. The molecule has 6 rings (SSSR count). The number of hydrogen-bond donors (Lipinski definition) is 1. The molecule has 186 valence electrons. The zero-order chi connectivity index (χ0) is 24.8. The molecule has 2 fully saturated rings. The molecular formula is C28H32N6O2. The smallest absolute Gasteiger partial charge is 0.254 e. The van der Waals surface area contributed by atoms with Gasteiger partial charge >= 0.3 is 0 Å². The van der Waals surface area contributed by atoms with E-state index in [4.69, 9.17) is 10.1 Å². The first-order valence-corrected chi connectivity index (χ1v) is 13.1. The summed E-state index contributed by atoms with van der Waals surface area (Å²) in [6.45, 7) is 3.58. The number of carbonyl (C=O) groups excluding carboxylic acids is 1. The highest BCUT2D eigenvalue weighted by Crippen LogP contribution is 2.34. The van der Waals surface area contributed by atoms with Crippen molar-refractivity contribution in [1.82, 2.24) is 19.5 Å². The van der Waals surface area contributed by atoms with Crippen molar-refractivity contribution in [3.8, 4) is 6.07 Å². The van der Waals surface area contributed by atoms with Gasteiger partial charge in [-0.3, -0.25) is 4.79 Å². The number of hydrogen-bond acceptors (Lipinski definition) is 6. The van der Waals surface area contributed by atoms with E-state index in [0.717, 1.165) is 73.4 Å². The molecule has 36 heavy (non-hydrogen) atoms. The molecule has 3 aliphatic rings. The minimum atomic E-state index is -0.668. The van der Waals surface area contributed by atoms with Gasteiger partial charge in [-0.1, -0.05) is 12.1 Å². The van der Waals surface area contributed by atoms with E-state index in [-0.39, 0.29) is 11.9 Å². The molecule has 1 N–H and O–H groups in total. The van der Waals surface area contributed by atoms with E-state index in [1.807, 2.05) is 41.1 Å². The average molecular weight is 485 g/mol. The number of benzene rings is 1. The fourth-order valence-electron chi connectivity index (χ4n) is 6.21. The summed E-state index contributed by atoms with van der Waals surface area (Å²) in [6, 6.07) is 10.3. The second-order valence-electron chi connectivity index (χ2n) is 10.5. The summed E-state index contributed by atoms with van der Waals surface area (Å²) in [7, 11) is 0. The third-order valence-electron chi connectivity index (χ3n) is 8.11. The van der Waals surface area contributed by atoms with E-state index in [1.165, 1.54) is 17.5 Å². The van der Waals surface area contributed by atoms with Crippen LogP contribution in [0.15, 0.2) is 30.5 Å². The zero-order valence-electron chi connectivity index (χ0n) is 20.7. The van der Waals surface area contributed by atoms with Gasteiger partial charge in [-0.15, -0.1) is 0 Å². The van der Waals surface area contributed by atoms with Crippen molar-refractivity contribution < 1.29 is 9.90 Å². The minimum Gasteiger partial charge on any atom is -0.390 e. The lowest BCUT2D eigenvalue weighted by Gasteiger charge is -2.35. The summed E-state index contributed by atoms with van der Waals surface area (Å²) in [4.78, 5) is 22.7. The molecule has 1 aromatic carbocycles. The van der Waals surface area contributed by atoms with Crippen molar-refractivity contribution in [3.63, 3.8) is 0 Å². The van der Waals surface area contributed by atoms with Crippen LogP contribution in [0.5, 0.6) is 0 Å². The third kappa shape index (κ3) is 3.92. The first-order chi connectivity index (χ1) is 17.5. The second-order valence-corrected chi connectivity index (χ2v) is 10.5. The highest BCUT2D eigenvalue weighted by atomic mass is 16.3. The molecule has 0 spiro atoms. The number of fused-ring (bicyclic) bond motifs is 2. The molecule has 1 amide bonds. The Morgan fingerprint density at radius 2 is 2.03 bits per heavy atom. The number of anilines is 1. The lowest BCUT2D eigenvalue weighted by atomic mass is 9.87. The van der Waals surface area contributed by atoms with E-state index in [9.17, 15) is 15.2 Å². The van der Waals surface area contributed by atoms with Crippen LogP contribution in [0.1, 0.15) is 70.9 Å². The topological polar surface area (TPSA) is 97.8 Å². The highest BCUT2D eigenvalue weighted by Gasteiger charge is 2.34. The van der Waals surface area contributed by atoms with Crippen LogP contribution in [0.3, 0.4) is 0 Å². The first kappa shape index (κ1) is 23.0. The van der Waals surface area contributed by atoms with E-state index >= 15 is 0 Å². The van der Waals surface area contributed by atoms with Crippen molar-refractivity contribution >= 4 is 17.4 Å². The number of piperidine rings is 1. The normalized spacial score (nSPS) is 24.1. The van der Waals surface area contributed by atoms with Crippen molar-refractivity contribution in [2.45, 2.75) is 64.0 Å². The van der Waals surface area contributed by atoms with Crippen molar-refractivity contribution in [2.24, 2.45) is 5.92 Å². The Bertz CT molecular complexity index is 1360. The van der Waals surface area contributed by atoms with Gasteiger partial charge < -0.3 is 14.9 Å². The Hall–Kier alpha value is -3.44. The Morgan fingerprint density at radius 1 is 1.17 bits per heavy atom. The maximum absolute atomic E-state index is 13.9. The van der Waals surface area contributed by atoms with Crippen LogP contribution in [0.25, 0.3) is 5.65 Å². The van der Waals surface area contributed by atoms with Crippen molar-refractivity contribution in [1.29, 1.82) is 5.26 Å². The van der Waals surface area contributed by atoms with Gasteiger partial charge in [-0.05, 0) is 69.1 Å². The molecular weight excluding hydrogens is 452 g/mol. The summed E-state index contributed by atoms with van der Waals surface area (Å²) in [6.07, 6.45) is 8.62. The van der Waals surface area contributed by atoms with Gasteiger partial charge in [-0.2, -0.15) is 10.4 Å². The van der Waals surface area contributed by atoms with Crippen LogP contribution in [0.4, 0.5) is 5.82 Å². The number of nitrogens with zero attached hydrogens (tertiary/aromatic N) is 6. The number of aryl methyl sites for hydroxylation is 2. The quantitative estimate of drug-likeness (QED) is 0.610. The molecule has 2 saturated heterocycles. The summed E-state index contributed by atoms with van der Waals surface area (Å²) >= 11 is 0. The Labute approximate surface area is 211 Å². The standard InChI is InChI=1S/C28H32N6O2/c1-18-15-34-26(30-27(18)32-16-20(14-29)25(35)17-32)13-23(31-34)24-11-4-5-12-33(24)28(36)22-10-6-8-19-7-2-3-9-21(19)22/h6,8,10,13,15,20,24-25,35H,2-5,7,9,11-12,16-17H2,1H3/t20-,24+,25+/m1/s1. The second kappa shape index (κ2) is 9.21. The van der Waals surface area contributed by atoms with Crippen LogP contribution in [0.2, 0.25) is 0 Å². The lowest BCUT2D eigenvalue weighted by molar-refractivity contribution is 0.0604. The maximum Gasteiger partial charge on any atom is 0.254 e. The minimum absolute atomic E-state index is 0.0762. The number of aromatic nitrogens is 3. The fourth-order valence-corrected chi connectivity index (χ4v) is 6.21. The van der Waals surface area contributed by atoms with E-state index in [2.05, 4.69) is 12.1 Å². The highest BCUT2D eigenvalue weighted by molar-refractivity contribution is 5.96. The molecule has 3 aromatic rings. The van der Waals surface area contributed by atoms with Crippen molar-refractivity contribution in [2.75, 3.05) is 24.5 Å². The van der Waals surface area contributed by atoms with Gasteiger partial charge in [-0.25, -0.2) is 9.50 Å². The first-order valence-electron chi connectivity index (χ1n) is 13.1. The molecule has 2 aromatic heterocycles. The van der Waals surface area contributed by atoms with Gasteiger partial charge in [0.05, 0.1) is 29.8 Å². The number of rotatable bonds is 3. The van der Waals surface area contributed by atoms with Crippen molar-refractivity contribution in [3.05, 3.63) is 58.4 Å². The average Bonchev–Trinajstić information content (AvgIpc) is 3.49. The summed E-state index contributed by atoms with van der Waals surface area (Å²) in [5.41, 5.74) is 5.95. The Kier molecular flexibility index (Phi) is 5.88. The number of β-amino-alcohol motifs (C(OH)–C–C–N with tert-alkyl or cyclic N) is 1. The lowest BCUT2D eigenvalue weighted by Crippen LogP contribution is -2.39. The molecule has 8 heteroatoms. The summed E-state index contributed by atoms with van der Waals surface area (Å²) in [5.74, 6) is 0.487. The van der Waals surface area contributed by atoms with Gasteiger partial charge in [0.15, 0.2) is 5.65 Å². The van der Waals surface area contributed by atoms with E-state index in [1.54, 1.807) is 4.52 Å². The molecule has 0 saturated carbocycles. The van der Waals surface area contributed by atoms with Gasteiger partial charge in [0, 0.05) is 43.0 Å². The van der Waals surface area contributed by atoms with Crippen LogP contribution in [-0.2, 0) is 12.8 Å². The number of carbonyl (C=O) groups is 1. The monoisotopic (exact) mass is 484 g/mol. The van der Waals surface area contributed by atoms with Crippen LogP contribution in [0, 0.1) is 24.2 Å². The molecule has 3 atom stereocenters. The van der Waals surface area contributed by atoms with Crippen LogP contribution in [-0.4, -0.2) is 56.2 Å². The van der Waals surface area contributed by atoms with Gasteiger partial charge in [0.2, 0.25) is 0 Å². The van der Waals surface area contributed by atoms with Gasteiger partial charge in [0.1, 0.15) is 5.82 Å². The number of likely N-dealkylation sites (tertiary alicyclic amines) is 1. The molecule has 0 radical (unpaired) electrons. The Morgan fingerprint density at radius 3 is 2.86 bits per heavy atom. The molecule has 2 aliphatic heterocycles. The maximum atomic E-state index is 13.9. The van der Waals surface area contributed by atoms with Gasteiger partial charge in [0.25, 0.3) is 5.91 Å². The molecule has 1 aliphatic carbocycles. The fraction of sp³-hybridized carbons (Fsp3) is 0.500. The molecule has 0 unspecified atom stereocenters. The predicted octanol–water partition coefficient (Wildman–Crippen LogP) is 3.60. The van der Waals surface area contributed by atoms with Crippen LogP contribution >= 0.6 is 0 Å². The summed E-state index contributed by atoms with van der Waals surface area (Å²) < 4.78 is 1.80. The SMILES string of the molecule is Cc1cn2nc([C@@H]3CCCCN3C(=O)c3cccc4c3CCCC4)cc2nc1N1C[C@@H](C#N)[C@@H](O)C1. The van der Waals surface area contributed by atoms with E-state index < -0.39 is 12.0 Å². The number of aliphatic hydroxyl groups excluding tert-OH is 1. The summed E-state index contributed by atoms with van der Waals surface area (Å²) in [5, 5.41) is 24.4. The zero-order valence-corrected chi connectivity index (χ0v) is 20.7. The number of nitriles is 1. The largest absolute Gasteiger partial charge is 0.390 e. The molecule has 8 nitrogen and oxygen atoms in total.